The van der Waals surface area contributed by atoms with Gasteiger partial charge in [0.2, 0.25) is 0 Å². The Bertz CT molecular complexity index is 479. The number of carbonyl (C=O) groups excluding carboxylic acids is 1. The van der Waals surface area contributed by atoms with Gasteiger partial charge in [0, 0.05) is 37.6 Å². The van der Waals surface area contributed by atoms with Crippen molar-refractivity contribution in [2.75, 3.05) is 26.2 Å². The minimum Gasteiger partial charge on any atom is -0.337 e. The van der Waals surface area contributed by atoms with Gasteiger partial charge in [0.05, 0.1) is 5.56 Å². The summed E-state index contributed by atoms with van der Waals surface area (Å²) in [6, 6.07) is 2.87. The number of hydrogen-bond acceptors (Lipinski definition) is 4. The molecule has 4 nitrogen and oxygen atoms in total. The third kappa shape index (κ3) is 5.37. The average molecular weight is 342 g/mol. The number of halogens is 4. The van der Waals surface area contributed by atoms with Gasteiger partial charge in [0.1, 0.15) is 5.03 Å². The fourth-order valence-electron chi connectivity index (χ4n) is 1.96. The number of hydrogen-bond donors (Lipinski definition) is 1. The summed E-state index contributed by atoms with van der Waals surface area (Å²) in [6.07, 6.45) is 2.04. The highest BCUT2D eigenvalue weighted by Gasteiger charge is 2.33. The topological polar surface area (TPSA) is 45.2 Å². The second-order valence-corrected chi connectivity index (χ2v) is 5.35. The lowest BCUT2D eigenvalue weighted by Crippen LogP contribution is -2.34. The van der Waals surface area contributed by atoms with Crippen LogP contribution in [0.5, 0.6) is 0 Å². The zero-order valence-corrected chi connectivity index (χ0v) is 12.7. The predicted octanol–water partition coefficient (Wildman–Crippen LogP) is 2.55. The summed E-state index contributed by atoms with van der Waals surface area (Å²) in [7, 11) is 0. The zero-order chi connectivity index (χ0) is 14.6. The molecule has 2 rings (SSSR count). The normalized spacial score (nSPS) is 16.0. The molecule has 1 saturated heterocycles. The molecule has 21 heavy (non-hydrogen) atoms. The maximum Gasteiger partial charge on any atom is 0.447 e. The summed E-state index contributed by atoms with van der Waals surface area (Å²) in [5.41, 5.74) is -4.44. The maximum atomic E-state index is 12.5. The van der Waals surface area contributed by atoms with Crippen molar-refractivity contribution in [2.45, 2.75) is 17.0 Å². The number of nitrogens with one attached hydrogen (secondary N) is 1. The Morgan fingerprint density at radius 2 is 2.10 bits per heavy atom. The van der Waals surface area contributed by atoms with E-state index < -0.39 is 11.4 Å². The lowest BCUT2D eigenvalue weighted by atomic mass is 10.2. The summed E-state index contributed by atoms with van der Waals surface area (Å²) in [6.45, 7) is 2.48. The molecule has 9 heteroatoms. The van der Waals surface area contributed by atoms with Crippen LogP contribution in [0, 0.1) is 0 Å². The number of thioether (sulfide) groups is 1. The van der Waals surface area contributed by atoms with E-state index >= 15 is 0 Å². The quantitative estimate of drug-likeness (QED) is 0.840. The number of pyridine rings is 1. The van der Waals surface area contributed by atoms with Crippen molar-refractivity contribution in [1.29, 1.82) is 0 Å². The standard InChI is InChI=1S/C12H14F3N3OS.ClH/c13-12(14,15)20-10-9(3-1-5-17-10)11(19)18-7-2-4-16-6-8-18;/h1,3,5,16H,2,4,6-8H2;1H. The molecule has 0 saturated carbocycles. The van der Waals surface area contributed by atoms with Gasteiger partial charge in [-0.3, -0.25) is 4.79 Å². The summed E-state index contributed by atoms with van der Waals surface area (Å²) >= 11 is -0.349. The van der Waals surface area contributed by atoms with Gasteiger partial charge in [-0.2, -0.15) is 13.2 Å². The molecule has 0 radical (unpaired) electrons. The predicted molar refractivity (Wildman–Crippen MR) is 76.8 cm³/mol. The lowest BCUT2D eigenvalue weighted by Gasteiger charge is -2.21. The Morgan fingerprint density at radius 3 is 2.81 bits per heavy atom. The van der Waals surface area contributed by atoms with Gasteiger partial charge in [0.25, 0.3) is 5.91 Å². The molecule has 1 aromatic heterocycles. The molecule has 2 heterocycles. The van der Waals surface area contributed by atoms with Gasteiger partial charge < -0.3 is 10.2 Å². The van der Waals surface area contributed by atoms with Crippen LogP contribution < -0.4 is 5.32 Å². The number of carbonyl (C=O) groups is 1. The lowest BCUT2D eigenvalue weighted by molar-refractivity contribution is -0.0329. The van der Waals surface area contributed by atoms with E-state index in [2.05, 4.69) is 10.3 Å². The molecule has 1 amide bonds. The van der Waals surface area contributed by atoms with E-state index in [0.29, 0.717) is 19.6 Å². The van der Waals surface area contributed by atoms with E-state index in [1.807, 2.05) is 0 Å². The molecule has 1 N–H and O–H groups in total. The molecular formula is C12H15ClF3N3OS. The number of amides is 1. The van der Waals surface area contributed by atoms with Crippen LogP contribution >= 0.6 is 24.2 Å². The van der Waals surface area contributed by atoms with Crippen molar-refractivity contribution in [2.24, 2.45) is 0 Å². The Labute approximate surface area is 130 Å². The smallest absolute Gasteiger partial charge is 0.337 e. The first kappa shape index (κ1) is 18.1. The van der Waals surface area contributed by atoms with E-state index in [9.17, 15) is 18.0 Å². The van der Waals surface area contributed by atoms with Crippen molar-refractivity contribution in [3.05, 3.63) is 23.9 Å². The molecule has 1 aliphatic rings. The van der Waals surface area contributed by atoms with Crippen LogP contribution in [0.15, 0.2) is 23.4 Å². The van der Waals surface area contributed by atoms with Crippen LogP contribution in [0.1, 0.15) is 16.8 Å². The van der Waals surface area contributed by atoms with E-state index in [4.69, 9.17) is 0 Å². The van der Waals surface area contributed by atoms with Gasteiger partial charge in [-0.05, 0) is 25.1 Å². The van der Waals surface area contributed by atoms with Crippen molar-refractivity contribution in [1.82, 2.24) is 15.2 Å². The number of alkyl halides is 3. The van der Waals surface area contributed by atoms with Crippen LogP contribution in [0.25, 0.3) is 0 Å². The molecular weight excluding hydrogens is 327 g/mol. The SMILES string of the molecule is Cl.O=C(c1cccnc1SC(F)(F)F)N1CCCNCC1. The Morgan fingerprint density at radius 1 is 1.33 bits per heavy atom. The molecule has 1 aliphatic heterocycles. The van der Waals surface area contributed by atoms with Gasteiger partial charge in [-0.25, -0.2) is 4.98 Å². The second-order valence-electron chi connectivity index (χ2n) is 4.30. The molecule has 0 spiro atoms. The summed E-state index contributed by atoms with van der Waals surface area (Å²) in [4.78, 5) is 17.6. The summed E-state index contributed by atoms with van der Waals surface area (Å²) in [5, 5.41) is 2.85. The van der Waals surface area contributed by atoms with E-state index in [1.54, 1.807) is 4.90 Å². The van der Waals surface area contributed by atoms with E-state index in [-0.39, 0.29) is 34.8 Å². The Balaban J connectivity index is 0.00000220. The molecule has 1 fully saturated rings. The average Bonchev–Trinajstić information content (AvgIpc) is 2.65. The first-order chi connectivity index (χ1) is 9.47. The number of aromatic nitrogens is 1. The highest BCUT2D eigenvalue weighted by molar-refractivity contribution is 8.00. The summed E-state index contributed by atoms with van der Waals surface area (Å²) in [5.74, 6) is -0.395. The number of rotatable bonds is 2. The van der Waals surface area contributed by atoms with Crippen LogP contribution in [-0.2, 0) is 0 Å². The second kappa shape index (κ2) is 7.86. The molecule has 0 bridgehead atoms. The Kier molecular flexibility index (Phi) is 6.76. The van der Waals surface area contributed by atoms with Crippen LogP contribution in [-0.4, -0.2) is 47.5 Å². The van der Waals surface area contributed by atoms with Crippen LogP contribution in [0.4, 0.5) is 13.2 Å². The highest BCUT2D eigenvalue weighted by Crippen LogP contribution is 2.37. The van der Waals surface area contributed by atoms with Gasteiger partial charge in [-0.1, -0.05) is 0 Å². The summed E-state index contributed by atoms with van der Waals surface area (Å²) < 4.78 is 37.4. The van der Waals surface area contributed by atoms with Gasteiger partial charge >= 0.3 is 5.51 Å². The van der Waals surface area contributed by atoms with Crippen molar-refractivity contribution >= 4 is 30.1 Å². The maximum absolute atomic E-state index is 12.5. The van der Waals surface area contributed by atoms with E-state index in [0.717, 1.165) is 13.0 Å². The fourth-order valence-corrected chi connectivity index (χ4v) is 2.56. The minimum absolute atomic E-state index is 0. The van der Waals surface area contributed by atoms with Crippen molar-refractivity contribution in [3.8, 4) is 0 Å². The first-order valence-electron chi connectivity index (χ1n) is 6.18. The van der Waals surface area contributed by atoms with E-state index in [1.165, 1.54) is 18.3 Å². The monoisotopic (exact) mass is 341 g/mol. The first-order valence-corrected chi connectivity index (χ1v) is 7.00. The van der Waals surface area contributed by atoms with Crippen molar-refractivity contribution in [3.63, 3.8) is 0 Å². The van der Waals surface area contributed by atoms with Crippen LogP contribution in [0.2, 0.25) is 0 Å². The Hall–Kier alpha value is -0.990. The van der Waals surface area contributed by atoms with Crippen LogP contribution in [0.3, 0.4) is 0 Å². The van der Waals surface area contributed by atoms with Crippen molar-refractivity contribution < 1.29 is 18.0 Å². The third-order valence-electron chi connectivity index (χ3n) is 2.84. The molecule has 0 unspecified atom stereocenters. The zero-order valence-electron chi connectivity index (χ0n) is 11.0. The fraction of sp³-hybridized carbons (Fsp3) is 0.500. The molecule has 118 valence electrons. The van der Waals surface area contributed by atoms with Gasteiger partial charge in [-0.15, -0.1) is 12.4 Å². The number of nitrogens with zero attached hydrogens (tertiary/aromatic N) is 2. The largest absolute Gasteiger partial charge is 0.447 e. The molecule has 0 aliphatic carbocycles. The molecule has 0 aromatic carbocycles. The highest BCUT2D eigenvalue weighted by atomic mass is 35.5. The third-order valence-corrected chi connectivity index (χ3v) is 3.59. The molecule has 1 aromatic rings. The molecule has 0 atom stereocenters. The van der Waals surface area contributed by atoms with Gasteiger partial charge in [0.15, 0.2) is 0 Å². The minimum atomic E-state index is -4.45.